The second-order valence-electron chi connectivity index (χ2n) is 7.01. The zero-order valence-electron chi connectivity index (χ0n) is 15.5. The van der Waals surface area contributed by atoms with Crippen molar-refractivity contribution in [3.8, 4) is 11.1 Å². The summed E-state index contributed by atoms with van der Waals surface area (Å²) in [5, 5.41) is 0. The van der Waals surface area contributed by atoms with Gasteiger partial charge in [-0.15, -0.1) is 0 Å². The quantitative estimate of drug-likeness (QED) is 0.710. The topological polar surface area (TPSA) is 47.4 Å². The molecular formula is C21H22FN3O2. The third-order valence-corrected chi connectivity index (χ3v) is 5.22. The number of nitrogens with zero attached hydrogens (tertiary/aromatic N) is 3. The van der Waals surface area contributed by atoms with Gasteiger partial charge in [-0.3, -0.25) is 4.79 Å². The summed E-state index contributed by atoms with van der Waals surface area (Å²) in [4.78, 5) is 19.6. The molecule has 1 unspecified atom stereocenters. The number of amides is 1. The van der Waals surface area contributed by atoms with Crippen LogP contribution >= 0.6 is 0 Å². The number of imidazole rings is 1. The Kier molecular flexibility index (Phi) is 4.66. The van der Waals surface area contributed by atoms with Gasteiger partial charge in [-0.25, -0.2) is 9.37 Å². The smallest absolute Gasteiger partial charge is 0.256 e. The summed E-state index contributed by atoms with van der Waals surface area (Å²) in [7, 11) is 3.57. The number of ether oxygens (including phenoxy) is 1. The van der Waals surface area contributed by atoms with Crippen molar-refractivity contribution in [1.82, 2.24) is 14.5 Å². The largest absolute Gasteiger partial charge is 0.380 e. The number of aryl methyl sites for hydroxylation is 1. The Balaban J connectivity index is 1.79. The van der Waals surface area contributed by atoms with Gasteiger partial charge in [0, 0.05) is 27.2 Å². The minimum atomic E-state index is -0.284. The fourth-order valence-electron chi connectivity index (χ4n) is 3.75. The van der Waals surface area contributed by atoms with Crippen molar-refractivity contribution >= 4 is 16.9 Å². The molecule has 1 fully saturated rings. The summed E-state index contributed by atoms with van der Waals surface area (Å²) in [6.07, 6.45) is 3.68. The van der Waals surface area contributed by atoms with E-state index in [0.717, 1.165) is 41.5 Å². The molecule has 0 bridgehead atoms. The number of benzene rings is 2. The number of hydrogen-bond donors (Lipinski definition) is 0. The van der Waals surface area contributed by atoms with Crippen LogP contribution in [0.5, 0.6) is 0 Å². The molecule has 4 rings (SSSR count). The summed E-state index contributed by atoms with van der Waals surface area (Å²) in [5.74, 6) is -0.304. The fraction of sp³-hybridized carbons (Fsp3) is 0.333. The van der Waals surface area contributed by atoms with Gasteiger partial charge < -0.3 is 14.2 Å². The maximum absolute atomic E-state index is 13.3. The van der Waals surface area contributed by atoms with Gasteiger partial charge in [-0.2, -0.15) is 0 Å². The minimum Gasteiger partial charge on any atom is -0.380 e. The van der Waals surface area contributed by atoms with Crippen molar-refractivity contribution in [1.29, 1.82) is 0 Å². The van der Waals surface area contributed by atoms with Crippen LogP contribution < -0.4 is 0 Å². The molecule has 0 radical (unpaired) electrons. The second-order valence-corrected chi connectivity index (χ2v) is 7.01. The fourth-order valence-corrected chi connectivity index (χ4v) is 3.75. The van der Waals surface area contributed by atoms with E-state index < -0.39 is 0 Å². The average Bonchev–Trinajstić information content (AvgIpc) is 3.08. The first-order valence-electron chi connectivity index (χ1n) is 9.10. The van der Waals surface area contributed by atoms with Crippen molar-refractivity contribution in [3.05, 3.63) is 54.1 Å². The molecule has 2 heterocycles. The number of fused-ring (bicyclic) bond motifs is 1. The number of likely N-dealkylation sites (tertiary alicyclic amines) is 1. The lowest BCUT2D eigenvalue weighted by molar-refractivity contribution is 0.0270. The van der Waals surface area contributed by atoms with Gasteiger partial charge in [0.25, 0.3) is 5.91 Å². The van der Waals surface area contributed by atoms with Crippen LogP contribution in [0.2, 0.25) is 0 Å². The van der Waals surface area contributed by atoms with Crippen molar-refractivity contribution in [3.63, 3.8) is 0 Å². The van der Waals surface area contributed by atoms with Crippen LogP contribution in [0.15, 0.2) is 42.7 Å². The van der Waals surface area contributed by atoms with Crippen molar-refractivity contribution in [2.75, 3.05) is 20.2 Å². The molecule has 0 N–H and O–H groups in total. The molecular weight excluding hydrogens is 345 g/mol. The highest BCUT2D eigenvalue weighted by atomic mass is 19.1. The lowest BCUT2D eigenvalue weighted by Gasteiger charge is -2.32. The lowest BCUT2D eigenvalue weighted by atomic mass is 9.99. The number of carbonyl (C=O) groups is 1. The molecule has 1 aromatic heterocycles. The molecule has 5 nitrogen and oxygen atoms in total. The first kappa shape index (κ1) is 17.7. The van der Waals surface area contributed by atoms with Gasteiger partial charge in [0.1, 0.15) is 5.82 Å². The maximum Gasteiger partial charge on any atom is 0.256 e. The summed E-state index contributed by atoms with van der Waals surface area (Å²) in [6, 6.07) is 10.1. The van der Waals surface area contributed by atoms with Crippen LogP contribution in [0.25, 0.3) is 22.2 Å². The zero-order chi connectivity index (χ0) is 19.0. The van der Waals surface area contributed by atoms with E-state index in [9.17, 15) is 9.18 Å². The molecule has 1 amide bonds. The maximum atomic E-state index is 13.3. The van der Waals surface area contributed by atoms with Crippen LogP contribution in [0.1, 0.15) is 23.2 Å². The number of carbonyl (C=O) groups excluding carboxylic acids is 1. The highest BCUT2D eigenvalue weighted by molar-refractivity contribution is 6.06. The van der Waals surface area contributed by atoms with Gasteiger partial charge in [0.05, 0.1) is 29.0 Å². The van der Waals surface area contributed by atoms with Crippen LogP contribution in [0.4, 0.5) is 4.39 Å². The second kappa shape index (κ2) is 7.12. The molecule has 1 atom stereocenters. The molecule has 1 aliphatic rings. The first-order chi connectivity index (χ1) is 13.1. The molecule has 2 aromatic carbocycles. The molecule has 3 aromatic rings. The molecule has 6 heteroatoms. The van der Waals surface area contributed by atoms with Crippen molar-refractivity contribution < 1.29 is 13.9 Å². The van der Waals surface area contributed by atoms with E-state index in [0.29, 0.717) is 12.1 Å². The molecule has 140 valence electrons. The van der Waals surface area contributed by atoms with Crippen LogP contribution in [0.3, 0.4) is 0 Å². The normalized spacial score (nSPS) is 17.4. The van der Waals surface area contributed by atoms with Crippen LogP contribution in [-0.4, -0.2) is 46.7 Å². The number of methoxy groups -OCH3 is 1. The Morgan fingerprint density at radius 2 is 2.00 bits per heavy atom. The van der Waals surface area contributed by atoms with Crippen LogP contribution in [-0.2, 0) is 11.8 Å². The summed E-state index contributed by atoms with van der Waals surface area (Å²) in [5.41, 5.74) is 3.88. The zero-order valence-corrected chi connectivity index (χ0v) is 15.5. The van der Waals surface area contributed by atoms with E-state index in [1.165, 1.54) is 12.1 Å². The Morgan fingerprint density at radius 1 is 1.22 bits per heavy atom. The van der Waals surface area contributed by atoms with E-state index >= 15 is 0 Å². The van der Waals surface area contributed by atoms with Gasteiger partial charge in [0.15, 0.2) is 0 Å². The first-order valence-corrected chi connectivity index (χ1v) is 9.10. The van der Waals surface area contributed by atoms with Crippen molar-refractivity contribution in [2.45, 2.75) is 18.9 Å². The van der Waals surface area contributed by atoms with Crippen LogP contribution in [0, 0.1) is 5.82 Å². The van der Waals surface area contributed by atoms with Gasteiger partial charge in [0.2, 0.25) is 0 Å². The predicted octanol–water partition coefficient (Wildman–Crippen LogP) is 3.63. The Bertz CT molecular complexity index is 981. The SMILES string of the molecule is COC1CCCN(C(=O)c2cc(-c3ccc(F)cc3)cc3ncn(C)c23)C1. The Labute approximate surface area is 157 Å². The third-order valence-electron chi connectivity index (χ3n) is 5.22. The minimum absolute atomic E-state index is 0.0192. The van der Waals surface area contributed by atoms with E-state index in [1.807, 2.05) is 28.6 Å². The highest BCUT2D eigenvalue weighted by Crippen LogP contribution is 2.29. The lowest BCUT2D eigenvalue weighted by Crippen LogP contribution is -2.43. The molecule has 0 saturated carbocycles. The molecule has 1 saturated heterocycles. The molecule has 0 spiro atoms. The summed E-state index contributed by atoms with van der Waals surface area (Å²) in [6.45, 7) is 1.31. The van der Waals surface area contributed by atoms with Crippen molar-refractivity contribution in [2.24, 2.45) is 7.05 Å². The number of rotatable bonds is 3. The monoisotopic (exact) mass is 367 g/mol. The average molecular weight is 367 g/mol. The highest BCUT2D eigenvalue weighted by Gasteiger charge is 2.26. The summed E-state index contributed by atoms with van der Waals surface area (Å²) >= 11 is 0. The molecule has 1 aliphatic heterocycles. The van der Waals surface area contributed by atoms with E-state index in [2.05, 4.69) is 4.98 Å². The van der Waals surface area contributed by atoms with Gasteiger partial charge >= 0.3 is 0 Å². The number of halogens is 1. The van der Waals surface area contributed by atoms with E-state index in [1.54, 1.807) is 25.6 Å². The van der Waals surface area contributed by atoms with E-state index in [4.69, 9.17) is 4.74 Å². The number of piperidine rings is 1. The predicted molar refractivity (Wildman–Crippen MR) is 102 cm³/mol. The standard InChI is InChI=1S/C21H22FN3O2/c1-24-13-23-19-11-15(14-5-7-16(22)8-6-14)10-18(20(19)24)21(26)25-9-3-4-17(12-25)27-2/h5-8,10-11,13,17H,3-4,9,12H2,1-2H3. The Hall–Kier alpha value is -2.73. The number of hydrogen-bond acceptors (Lipinski definition) is 3. The molecule has 0 aliphatic carbocycles. The van der Waals surface area contributed by atoms with Gasteiger partial charge in [-0.1, -0.05) is 12.1 Å². The Morgan fingerprint density at radius 3 is 2.74 bits per heavy atom. The van der Waals surface area contributed by atoms with E-state index in [-0.39, 0.29) is 17.8 Å². The number of aromatic nitrogens is 2. The van der Waals surface area contributed by atoms with Gasteiger partial charge in [-0.05, 0) is 48.2 Å². The summed E-state index contributed by atoms with van der Waals surface area (Å²) < 4.78 is 20.6. The molecule has 27 heavy (non-hydrogen) atoms. The third kappa shape index (κ3) is 3.32.